The van der Waals surface area contributed by atoms with Gasteiger partial charge >= 0.3 is 6.18 Å². The lowest BCUT2D eigenvalue weighted by Crippen LogP contribution is -2.47. The second-order valence-corrected chi connectivity index (χ2v) is 10.5. The molecule has 4 rings (SSSR count). The van der Waals surface area contributed by atoms with Crippen molar-refractivity contribution in [3.8, 4) is 5.69 Å². The molecule has 0 bridgehead atoms. The molecule has 1 aliphatic heterocycles. The Bertz CT molecular complexity index is 1530. The number of ether oxygens (including phenoxy) is 2. The van der Waals surface area contributed by atoms with Gasteiger partial charge in [0.05, 0.1) is 40.0 Å². The van der Waals surface area contributed by atoms with E-state index >= 15 is 0 Å². The molecule has 0 radical (unpaired) electrons. The lowest BCUT2D eigenvalue weighted by molar-refractivity contribution is -0.216. The maximum atomic E-state index is 14.4. The molecular weight excluding hydrogens is 660 g/mol. The second kappa shape index (κ2) is 12.7. The molecule has 1 aromatic heterocycles. The number of aryl methyl sites for hydroxylation is 1. The smallest absolute Gasteiger partial charge is 0.404 e. The van der Waals surface area contributed by atoms with E-state index in [1.165, 1.54) is 13.0 Å². The second-order valence-electron chi connectivity index (χ2n) is 9.25. The van der Waals surface area contributed by atoms with Gasteiger partial charge < -0.3 is 20.3 Å². The standard InChI is InChI=1S/C26H23BrClF6N5O3/c1-11-21(10-41-11)42-24(20(40)9-36-8-13(7-35)14-3-4-17(28)23(31)22(14)30)25-37-12(2)38-39(25)19-6-16(27)18(29)5-15(19)26(32,33)34/h3-8,11,20-21,24,40H,9-10,35H2,1-2H3/b13-7+,36-8?/t11?,20-,21?,24?/m0/s1. The van der Waals surface area contributed by atoms with E-state index in [0.29, 0.717) is 6.07 Å². The molecule has 0 aliphatic carbocycles. The molecule has 3 unspecified atom stereocenters. The Labute approximate surface area is 248 Å². The lowest BCUT2D eigenvalue weighted by Gasteiger charge is -2.37. The Hall–Kier alpha value is -2.98. The highest BCUT2D eigenvalue weighted by atomic mass is 79.9. The van der Waals surface area contributed by atoms with E-state index in [-0.39, 0.29) is 33.9 Å². The SMILES string of the molecule is Cc1nc(C(OC2COC2C)[C@@H](O)CN=C/C(=C\N)c2ccc(Cl)c(F)c2F)n(-c2cc(Br)c(F)cc2C(F)(F)F)n1. The largest absolute Gasteiger partial charge is 0.418 e. The first-order chi connectivity index (χ1) is 19.7. The van der Waals surface area contributed by atoms with Crippen LogP contribution >= 0.6 is 27.5 Å². The number of alkyl halides is 3. The summed E-state index contributed by atoms with van der Waals surface area (Å²) in [7, 11) is 0. The van der Waals surface area contributed by atoms with E-state index in [1.54, 1.807) is 6.92 Å². The molecule has 8 nitrogen and oxygen atoms in total. The maximum absolute atomic E-state index is 14.4. The Morgan fingerprint density at radius 3 is 2.62 bits per heavy atom. The van der Waals surface area contributed by atoms with Crippen LogP contribution in [0.15, 0.2) is 39.9 Å². The Morgan fingerprint density at radius 1 is 1.31 bits per heavy atom. The van der Waals surface area contributed by atoms with Crippen LogP contribution < -0.4 is 5.73 Å². The summed E-state index contributed by atoms with van der Waals surface area (Å²) in [6.45, 7) is 2.81. The van der Waals surface area contributed by atoms with Crippen molar-refractivity contribution >= 4 is 39.3 Å². The molecule has 1 fully saturated rings. The number of aliphatic imine (C=N–C) groups is 1. The number of rotatable bonds is 9. The molecule has 1 aliphatic rings. The summed E-state index contributed by atoms with van der Waals surface area (Å²) in [5, 5.41) is 14.8. The third kappa shape index (κ3) is 6.64. The minimum Gasteiger partial charge on any atom is -0.404 e. The molecule has 0 spiro atoms. The lowest BCUT2D eigenvalue weighted by atomic mass is 10.1. The topological polar surface area (TPSA) is 108 Å². The molecule has 3 N–H and O–H groups in total. The molecule has 1 saturated heterocycles. The van der Waals surface area contributed by atoms with Crippen molar-refractivity contribution in [3.05, 3.63) is 80.2 Å². The van der Waals surface area contributed by atoms with Gasteiger partial charge in [-0.15, -0.1) is 0 Å². The van der Waals surface area contributed by atoms with Crippen molar-refractivity contribution in [2.24, 2.45) is 10.7 Å². The normalized spacial score (nSPS) is 19.3. The number of benzene rings is 2. The number of halogens is 8. The minimum atomic E-state index is -4.97. The van der Waals surface area contributed by atoms with E-state index in [4.69, 9.17) is 26.8 Å². The van der Waals surface area contributed by atoms with Crippen LogP contribution in [0.25, 0.3) is 11.3 Å². The van der Waals surface area contributed by atoms with E-state index in [2.05, 4.69) is 31.0 Å². The van der Waals surface area contributed by atoms with E-state index in [9.17, 15) is 31.4 Å². The van der Waals surface area contributed by atoms with Crippen molar-refractivity contribution < 1.29 is 40.9 Å². The highest BCUT2D eigenvalue weighted by Crippen LogP contribution is 2.38. The number of aliphatic hydroxyl groups excluding tert-OH is 1. The zero-order valence-corrected chi connectivity index (χ0v) is 24.2. The van der Waals surface area contributed by atoms with Crippen LogP contribution in [0.3, 0.4) is 0 Å². The molecule has 2 heterocycles. The molecule has 0 amide bonds. The molecule has 0 saturated carbocycles. The summed E-state index contributed by atoms with van der Waals surface area (Å²) in [6, 6.07) is 3.53. The maximum Gasteiger partial charge on any atom is 0.418 e. The first kappa shape index (κ1) is 31.9. The van der Waals surface area contributed by atoms with Gasteiger partial charge in [-0.2, -0.15) is 18.3 Å². The van der Waals surface area contributed by atoms with Crippen molar-refractivity contribution in [1.29, 1.82) is 0 Å². The first-order valence-electron chi connectivity index (χ1n) is 12.2. The predicted octanol–water partition coefficient (Wildman–Crippen LogP) is 5.70. The number of nitrogens with two attached hydrogens (primary N) is 1. The molecule has 16 heteroatoms. The number of aromatic nitrogens is 3. The summed E-state index contributed by atoms with van der Waals surface area (Å²) in [5.41, 5.74) is 3.38. The monoisotopic (exact) mass is 681 g/mol. The van der Waals surface area contributed by atoms with Gasteiger partial charge in [-0.3, -0.25) is 4.99 Å². The highest BCUT2D eigenvalue weighted by Gasteiger charge is 2.40. The van der Waals surface area contributed by atoms with Crippen molar-refractivity contribution in [1.82, 2.24) is 14.8 Å². The highest BCUT2D eigenvalue weighted by molar-refractivity contribution is 9.10. The number of hydrogen-bond donors (Lipinski definition) is 2. The van der Waals surface area contributed by atoms with Gasteiger partial charge in [0.2, 0.25) is 0 Å². The van der Waals surface area contributed by atoms with Crippen LogP contribution in [0.1, 0.15) is 35.8 Å². The average molecular weight is 683 g/mol. The molecule has 4 atom stereocenters. The minimum absolute atomic E-state index is 0.0365. The fourth-order valence-electron chi connectivity index (χ4n) is 4.07. The Kier molecular flexibility index (Phi) is 9.67. The predicted molar refractivity (Wildman–Crippen MR) is 145 cm³/mol. The van der Waals surface area contributed by atoms with Gasteiger partial charge in [-0.05, 0) is 54.0 Å². The summed E-state index contributed by atoms with van der Waals surface area (Å²) >= 11 is 8.50. The van der Waals surface area contributed by atoms with Gasteiger partial charge in [0.15, 0.2) is 17.5 Å². The summed E-state index contributed by atoms with van der Waals surface area (Å²) in [5.74, 6) is -3.88. The molecular formula is C26H23BrClF6N5O3. The van der Waals surface area contributed by atoms with Gasteiger partial charge in [0.1, 0.15) is 30.0 Å². The molecule has 226 valence electrons. The van der Waals surface area contributed by atoms with E-state index in [1.807, 2.05) is 0 Å². The van der Waals surface area contributed by atoms with E-state index in [0.717, 1.165) is 29.2 Å². The number of hydrogen-bond acceptors (Lipinski definition) is 7. The van der Waals surface area contributed by atoms with Gasteiger partial charge in [0, 0.05) is 23.6 Å². The number of aliphatic hydroxyl groups is 1. The third-order valence-electron chi connectivity index (χ3n) is 6.33. The Balaban J connectivity index is 1.71. The fourth-order valence-corrected chi connectivity index (χ4v) is 4.54. The Morgan fingerprint density at radius 2 is 2.02 bits per heavy atom. The van der Waals surface area contributed by atoms with Gasteiger partial charge in [0.25, 0.3) is 0 Å². The van der Waals surface area contributed by atoms with Crippen LogP contribution in [0.4, 0.5) is 26.3 Å². The van der Waals surface area contributed by atoms with Crippen LogP contribution in [0, 0.1) is 24.4 Å². The average Bonchev–Trinajstić information content (AvgIpc) is 3.31. The molecule has 42 heavy (non-hydrogen) atoms. The van der Waals surface area contributed by atoms with E-state index < -0.39 is 70.9 Å². The summed E-state index contributed by atoms with van der Waals surface area (Å²) in [6.07, 6.45) is -6.83. The zero-order chi connectivity index (χ0) is 30.9. The van der Waals surface area contributed by atoms with Crippen molar-refractivity contribution in [2.75, 3.05) is 13.2 Å². The zero-order valence-electron chi connectivity index (χ0n) is 21.8. The summed E-state index contributed by atoms with van der Waals surface area (Å²) < 4.78 is 96.2. The fraction of sp³-hybridized carbons (Fsp3) is 0.346. The van der Waals surface area contributed by atoms with Crippen LogP contribution in [-0.4, -0.2) is 57.5 Å². The van der Waals surface area contributed by atoms with Crippen LogP contribution in [0.2, 0.25) is 5.02 Å². The van der Waals surface area contributed by atoms with Crippen LogP contribution in [-0.2, 0) is 15.7 Å². The number of nitrogens with zero attached hydrogens (tertiary/aromatic N) is 4. The summed E-state index contributed by atoms with van der Waals surface area (Å²) in [4.78, 5) is 8.29. The quantitative estimate of drug-likeness (QED) is 0.170. The number of allylic oxidation sites excluding steroid dienone is 1. The van der Waals surface area contributed by atoms with Gasteiger partial charge in [-0.1, -0.05) is 11.6 Å². The molecule has 3 aromatic rings. The van der Waals surface area contributed by atoms with Crippen LogP contribution in [0.5, 0.6) is 0 Å². The van der Waals surface area contributed by atoms with Crippen molar-refractivity contribution in [2.45, 2.75) is 44.4 Å². The third-order valence-corrected chi connectivity index (χ3v) is 7.23. The van der Waals surface area contributed by atoms with Gasteiger partial charge in [-0.25, -0.2) is 22.8 Å². The first-order valence-corrected chi connectivity index (χ1v) is 13.4. The van der Waals surface area contributed by atoms with Crippen molar-refractivity contribution in [3.63, 3.8) is 0 Å². The molecule has 2 aromatic carbocycles.